The lowest BCUT2D eigenvalue weighted by Gasteiger charge is -2.37. The largest absolute Gasteiger partial charge is 0.478 e. The number of phosphoric acid groups is 2. The van der Waals surface area contributed by atoms with Gasteiger partial charge >= 0.3 is 27.6 Å². The maximum atomic E-state index is 15.7. The van der Waals surface area contributed by atoms with Crippen molar-refractivity contribution in [3.63, 3.8) is 0 Å². The molecule has 4 fully saturated rings. The fraction of sp³-hybridized carbons (Fsp3) is 0.340. The van der Waals surface area contributed by atoms with E-state index in [-0.39, 0.29) is 71.9 Å². The number of anilines is 8. The van der Waals surface area contributed by atoms with Gasteiger partial charge in [0.05, 0.1) is 65.7 Å². The highest BCUT2D eigenvalue weighted by molar-refractivity contribution is 7.99. The van der Waals surface area contributed by atoms with E-state index in [2.05, 4.69) is 60.1 Å². The first-order valence-corrected chi connectivity index (χ1v) is 61.3. The minimum Gasteiger partial charge on any atom is -0.478 e. The van der Waals surface area contributed by atoms with Crippen molar-refractivity contribution < 1.29 is 95.6 Å². The average Bonchev–Trinajstić information content (AvgIpc) is 1.59. The molecule has 4 saturated heterocycles. The summed E-state index contributed by atoms with van der Waals surface area (Å²) in [5, 5.41) is 29.0. The van der Waals surface area contributed by atoms with E-state index in [1.165, 1.54) is 42.5 Å². The molecule has 12 aromatic rings. The highest BCUT2D eigenvalue weighted by Crippen LogP contribution is 2.48. The molecule has 2 aromatic heterocycles. The fourth-order valence-electron chi connectivity index (χ4n) is 19.7. The first-order valence-electron chi connectivity index (χ1n) is 48.8. The molecule has 0 spiro atoms. The van der Waals surface area contributed by atoms with Crippen molar-refractivity contribution in [1.82, 2.24) is 18.9 Å². The number of halogens is 3. The number of nitrogens with one attached hydrogen (secondary N) is 4. The number of rotatable bonds is 40. The van der Waals surface area contributed by atoms with Gasteiger partial charge in [-0.2, -0.15) is 0 Å². The number of phosphoric ester groups is 2. The van der Waals surface area contributed by atoms with Crippen molar-refractivity contribution in [2.75, 3.05) is 155 Å². The minimum atomic E-state index is -4.59. The van der Waals surface area contributed by atoms with Crippen molar-refractivity contribution in [3.8, 4) is 44.8 Å². The predicted octanol–water partition coefficient (Wildman–Crippen LogP) is 20.4. The summed E-state index contributed by atoms with van der Waals surface area (Å²) in [7, 11) is -25.5. The van der Waals surface area contributed by atoms with E-state index in [9.17, 15) is 82.2 Å². The first-order chi connectivity index (χ1) is 70.7. The van der Waals surface area contributed by atoms with E-state index in [0.717, 1.165) is 67.8 Å². The Hall–Kier alpha value is -10.8. The van der Waals surface area contributed by atoms with Crippen LogP contribution in [-0.4, -0.2) is 234 Å². The topological polar surface area (TPSA) is 422 Å². The Bertz CT molecular complexity index is 7360. The second-order valence-electron chi connectivity index (χ2n) is 38.1. The van der Waals surface area contributed by atoms with Gasteiger partial charge in [0.2, 0.25) is 0 Å². The number of carboxylic acids is 2. The Morgan fingerprint density at radius 3 is 1.13 bits per heavy atom. The monoisotopic (exact) mass is 2230 g/mol. The third kappa shape index (κ3) is 29.2. The smallest absolute Gasteiger partial charge is 0.469 e. The van der Waals surface area contributed by atoms with Crippen LogP contribution in [0.4, 0.5) is 49.9 Å². The lowest BCUT2D eigenvalue weighted by molar-refractivity contribution is 0.0685. The van der Waals surface area contributed by atoms with E-state index >= 15 is 4.39 Å². The Balaban J connectivity index is 0.000000223. The van der Waals surface area contributed by atoms with E-state index in [1.54, 1.807) is 79.0 Å². The molecule has 0 amide bonds. The molecule has 32 nitrogen and oxygen atoms in total. The van der Waals surface area contributed by atoms with Crippen LogP contribution in [0, 0.1) is 19.7 Å². The number of carbonyl (C=O) groups is 2. The summed E-state index contributed by atoms with van der Waals surface area (Å²) in [5.74, 6) is -1.48. The number of sulfone groups is 2. The number of likely N-dealkylation sites (tertiary alicyclic amines) is 2. The maximum absolute atomic E-state index is 15.7. The van der Waals surface area contributed by atoms with Crippen LogP contribution in [0.1, 0.15) is 110 Å². The van der Waals surface area contributed by atoms with Crippen molar-refractivity contribution >= 4 is 160 Å². The zero-order valence-corrected chi connectivity index (χ0v) is 91.7. The highest BCUT2D eigenvalue weighted by Gasteiger charge is 2.36. The Kier molecular flexibility index (Phi) is 36.6. The van der Waals surface area contributed by atoms with E-state index in [1.807, 2.05) is 173 Å². The van der Waals surface area contributed by atoms with Gasteiger partial charge in [-0.15, -0.1) is 23.5 Å². The number of aromatic nitrogens is 2. The molecule has 0 aliphatic carbocycles. The van der Waals surface area contributed by atoms with Crippen molar-refractivity contribution in [1.29, 1.82) is 0 Å². The quantitative estimate of drug-likeness (QED) is 0.0126. The number of piperazine rings is 2. The molecule has 0 radical (unpaired) electrons. The van der Waals surface area contributed by atoms with Gasteiger partial charge in [0.15, 0.2) is 19.7 Å². The minimum absolute atomic E-state index is 0.00608. The second kappa shape index (κ2) is 48.5. The summed E-state index contributed by atoms with van der Waals surface area (Å²) < 4.78 is 166. The van der Waals surface area contributed by atoms with Crippen molar-refractivity contribution in [2.45, 2.75) is 146 Å². The number of nitrogens with zero attached hydrogens (tertiary/aromatic N) is 8. The van der Waals surface area contributed by atoms with Gasteiger partial charge in [0.25, 0.3) is 20.0 Å². The second-order valence-corrected chi connectivity index (χ2v) is 50.8. The normalized spacial score (nSPS) is 15.6. The van der Waals surface area contributed by atoms with E-state index in [4.69, 9.17) is 32.2 Å². The molecule has 2 atom stereocenters. The zero-order valence-electron chi connectivity index (χ0n) is 83.5. The van der Waals surface area contributed by atoms with Crippen molar-refractivity contribution in [3.05, 3.63) is 275 Å². The summed E-state index contributed by atoms with van der Waals surface area (Å²) in [5.41, 5.74) is 11.4. The lowest BCUT2D eigenvalue weighted by atomic mass is 9.96. The number of thioether (sulfide) groups is 2. The molecular formula is C106H123Cl2FN12O20P2S6. The molecule has 4 aliphatic heterocycles. The van der Waals surface area contributed by atoms with Gasteiger partial charge < -0.3 is 79.0 Å². The number of benzene rings is 10. The summed E-state index contributed by atoms with van der Waals surface area (Å²) in [6, 6.07) is 68.2. The molecule has 0 unspecified atom stereocenters. The molecule has 10 aromatic carbocycles. The summed E-state index contributed by atoms with van der Waals surface area (Å²) in [4.78, 5) is 77.1. The van der Waals surface area contributed by atoms with Gasteiger partial charge in [-0.1, -0.05) is 96.0 Å². The third-order valence-corrected chi connectivity index (χ3v) is 35.9. The zero-order chi connectivity index (χ0) is 107. The van der Waals surface area contributed by atoms with Gasteiger partial charge in [-0.05, 0) is 266 Å². The van der Waals surface area contributed by atoms with E-state index in [0.29, 0.717) is 197 Å². The first kappa shape index (κ1) is 112. The van der Waals surface area contributed by atoms with Crippen molar-refractivity contribution in [2.24, 2.45) is 0 Å². The molecule has 149 heavy (non-hydrogen) atoms. The molecule has 10 N–H and O–H groups in total. The summed E-state index contributed by atoms with van der Waals surface area (Å²) in [6.45, 7) is 20.0. The molecule has 4 aliphatic rings. The van der Waals surface area contributed by atoms with Crippen LogP contribution in [0.15, 0.2) is 266 Å². The fourth-order valence-corrected chi connectivity index (χ4v) is 27.2. The molecule has 43 heteroatoms. The number of hydrogen-bond donors (Lipinski definition) is 10. The molecular weight excluding hydrogens is 2110 g/mol. The SMILES string of the molecule is Cc1c(C(=O)O)c(-c2cc(F)cc(N3CCN(c4ccc(NS(=O)(=O)c5ccc(N[C@H](CCN6CCC(OP(=O)(O)O)CC6)CSc6ccccc6)c(S(C)(=O)=O)c5)cc4)CC3)c2)c(-c2ccc(Cl)cc2)n1C(C)C.Cc1c(C(=O)O)c(-c2cccc(N3CCN(c4ccc(NS(=O)(=O)c5ccc(N[C@H](CCN6CCC(OP(=O)(O)O)CC6)CSc6ccccc6)c(S(C)(=O)=O)c5)cc4)CC3)c2)c(-c2ccc(Cl)cc2)n1C(C)C. The van der Waals surface area contributed by atoms with Crippen LogP contribution < -0.4 is 39.7 Å². The van der Waals surface area contributed by atoms with Crippen LogP contribution >= 0.6 is 62.4 Å². The molecule has 6 heterocycles. The number of piperidine rings is 2. The standard InChI is InChI=1S/C53H61ClFN6O10PS3.C53H62ClN6O10PS3/c1-35(2)61-36(3)50(53(62)63)51(52(61)37-10-12-39(54)13-11-37)38-30-40(55)32-44(31-38)60-28-26-59(27-29-60)43-16-14-41(15-17-43)57-75(69,70)47-18-19-48(49(33-47)74(4,67)68)56-42(34-73-46-8-6-5-7-9-46)20-23-58-24-21-45(22-25-58)71-72(64,65)66;1-36(2)60-37(3)50(53(61)62)51(52(60)38-13-15-40(54)16-14-38)39-9-8-10-44(33-39)59-31-29-58(30-32-59)43-19-17-41(18-20-43)56-74(68,69)47-21-22-48(49(34-47)73(4,66)67)55-42(35-72-46-11-6-5-7-12-46)23-26-57-27-24-45(25-28-57)70-71(63,64)65/h5-19,30-33,35,42,45,56-57H,20-29,34H2,1-4H3,(H,62,63)(H2,64,65,66);5-22,33-34,36,42,45,55-56H,23-32,35H2,1-4H3,(H,61,62)(H2,63,64,65)/t2*42-/m11/s1. The van der Waals surface area contributed by atoms with Gasteiger partial charge in [0.1, 0.15) is 5.82 Å². The van der Waals surface area contributed by atoms with E-state index < -0.39 is 85.3 Å². The third-order valence-electron chi connectivity index (χ3n) is 26.8. The summed E-state index contributed by atoms with van der Waals surface area (Å²) in [6.07, 6.45) is 4.05. The Morgan fingerprint density at radius 1 is 0.423 bits per heavy atom. The Labute approximate surface area is 888 Å². The number of sulfonamides is 2. The highest BCUT2D eigenvalue weighted by atomic mass is 35.5. The molecule has 0 bridgehead atoms. The van der Waals surface area contributed by atoms with Gasteiger partial charge in [-0.3, -0.25) is 18.5 Å². The molecule has 794 valence electrons. The van der Waals surface area contributed by atoms with Crippen LogP contribution in [0.5, 0.6) is 0 Å². The predicted molar refractivity (Wildman–Crippen MR) is 591 cm³/mol. The van der Waals surface area contributed by atoms with Crippen LogP contribution in [0.3, 0.4) is 0 Å². The molecule has 0 saturated carbocycles. The van der Waals surface area contributed by atoms with Gasteiger partial charge in [-0.25, -0.2) is 56.8 Å². The molecule has 16 rings (SSSR count). The van der Waals surface area contributed by atoms with Crippen LogP contribution in [0.25, 0.3) is 44.8 Å². The Morgan fingerprint density at radius 2 is 0.779 bits per heavy atom. The van der Waals surface area contributed by atoms with Gasteiger partial charge in [0, 0.05) is 216 Å². The summed E-state index contributed by atoms with van der Waals surface area (Å²) >= 11 is 15.7. The van der Waals surface area contributed by atoms with Crippen LogP contribution in [0.2, 0.25) is 10.0 Å². The number of hydrogen-bond acceptors (Lipinski definition) is 24. The lowest BCUT2D eigenvalue weighted by Crippen LogP contribution is -2.46. The number of carboxylic acid groups (broad SMARTS) is 2. The average molecular weight is 2230 g/mol. The maximum Gasteiger partial charge on any atom is 0.469 e. The number of aromatic carboxylic acids is 2. The van der Waals surface area contributed by atoms with Crippen LogP contribution in [-0.2, 0) is 57.9 Å².